The van der Waals surface area contributed by atoms with Gasteiger partial charge in [-0.3, -0.25) is 0 Å². The standard InChI is InChI=1S/C19H24ClN3O/c1-13-2-5-17(11-18(13)20)23-8-6-15(7-9-23)21-12-16-10-19(24-22-16)14-3-4-14/h2,5,10-11,14-15,21H,3-4,6-9,12H2,1H3. The molecule has 0 radical (unpaired) electrons. The second-order valence-corrected chi connectivity index (χ2v) is 7.48. The molecule has 1 aliphatic heterocycles. The predicted molar refractivity (Wildman–Crippen MR) is 96.7 cm³/mol. The van der Waals surface area contributed by atoms with Gasteiger partial charge in [-0.25, -0.2) is 0 Å². The summed E-state index contributed by atoms with van der Waals surface area (Å²) in [5.41, 5.74) is 3.40. The molecule has 2 fully saturated rings. The Labute approximate surface area is 148 Å². The quantitative estimate of drug-likeness (QED) is 0.878. The molecule has 2 heterocycles. The first-order valence-electron chi connectivity index (χ1n) is 8.89. The number of nitrogens with zero attached hydrogens (tertiary/aromatic N) is 2. The number of nitrogens with one attached hydrogen (secondary N) is 1. The smallest absolute Gasteiger partial charge is 0.140 e. The molecule has 4 nitrogen and oxygen atoms in total. The number of aromatic nitrogens is 1. The van der Waals surface area contributed by atoms with Gasteiger partial charge in [-0.2, -0.15) is 0 Å². The molecule has 0 amide bonds. The zero-order valence-corrected chi connectivity index (χ0v) is 14.9. The first-order chi connectivity index (χ1) is 11.7. The predicted octanol–water partition coefficient (Wildman–Crippen LogP) is 4.27. The minimum atomic E-state index is 0.545. The summed E-state index contributed by atoms with van der Waals surface area (Å²) in [6.45, 7) is 4.96. The SMILES string of the molecule is Cc1ccc(N2CCC(NCc3cc(C4CC4)on3)CC2)cc1Cl. The Morgan fingerprint density at radius 3 is 2.71 bits per heavy atom. The molecule has 0 spiro atoms. The molecule has 2 aliphatic rings. The Bertz CT molecular complexity index is 702. The van der Waals surface area contributed by atoms with Gasteiger partial charge in [0, 0.05) is 48.4 Å². The van der Waals surface area contributed by atoms with Crippen LogP contribution in [-0.4, -0.2) is 24.3 Å². The molecule has 5 heteroatoms. The van der Waals surface area contributed by atoms with Gasteiger partial charge in [0.1, 0.15) is 5.76 Å². The third-order valence-electron chi connectivity index (χ3n) is 5.14. The summed E-state index contributed by atoms with van der Waals surface area (Å²) in [4.78, 5) is 2.42. The van der Waals surface area contributed by atoms with Crippen molar-refractivity contribution in [2.24, 2.45) is 0 Å². The van der Waals surface area contributed by atoms with Crippen LogP contribution in [-0.2, 0) is 6.54 Å². The van der Waals surface area contributed by atoms with Crippen molar-refractivity contribution < 1.29 is 4.52 Å². The number of aryl methyl sites for hydroxylation is 1. The van der Waals surface area contributed by atoms with Gasteiger partial charge in [-0.1, -0.05) is 22.8 Å². The molecule has 1 aromatic heterocycles. The van der Waals surface area contributed by atoms with E-state index in [0.29, 0.717) is 12.0 Å². The molecule has 1 N–H and O–H groups in total. The monoisotopic (exact) mass is 345 g/mol. The molecule has 1 aromatic carbocycles. The molecule has 1 saturated carbocycles. The van der Waals surface area contributed by atoms with Gasteiger partial charge < -0.3 is 14.7 Å². The van der Waals surface area contributed by atoms with Crippen molar-refractivity contribution in [3.63, 3.8) is 0 Å². The van der Waals surface area contributed by atoms with E-state index >= 15 is 0 Å². The van der Waals surface area contributed by atoms with E-state index in [0.717, 1.165) is 54.5 Å². The minimum Gasteiger partial charge on any atom is -0.371 e. The van der Waals surface area contributed by atoms with Crippen molar-refractivity contribution in [2.75, 3.05) is 18.0 Å². The lowest BCUT2D eigenvalue weighted by Gasteiger charge is -2.34. The van der Waals surface area contributed by atoms with Gasteiger partial charge in [0.05, 0.1) is 5.69 Å². The molecule has 1 saturated heterocycles. The lowest BCUT2D eigenvalue weighted by molar-refractivity contribution is 0.367. The summed E-state index contributed by atoms with van der Waals surface area (Å²) in [6.07, 6.45) is 4.78. The van der Waals surface area contributed by atoms with Gasteiger partial charge in [-0.05, 0) is 50.3 Å². The second-order valence-electron chi connectivity index (χ2n) is 7.07. The third kappa shape index (κ3) is 3.60. The second kappa shape index (κ2) is 6.77. The van der Waals surface area contributed by atoms with Crippen molar-refractivity contribution in [3.05, 3.63) is 46.3 Å². The molecule has 0 atom stereocenters. The number of piperidine rings is 1. The van der Waals surface area contributed by atoms with E-state index < -0.39 is 0 Å². The highest BCUT2D eigenvalue weighted by Crippen LogP contribution is 2.40. The fourth-order valence-electron chi connectivity index (χ4n) is 3.34. The van der Waals surface area contributed by atoms with E-state index in [1.165, 1.54) is 18.5 Å². The van der Waals surface area contributed by atoms with E-state index in [2.05, 4.69) is 39.6 Å². The molecule has 128 valence electrons. The van der Waals surface area contributed by atoms with Crippen molar-refractivity contribution in [1.82, 2.24) is 10.5 Å². The number of halogens is 1. The summed E-state index contributed by atoms with van der Waals surface area (Å²) in [5, 5.41) is 8.66. The highest BCUT2D eigenvalue weighted by molar-refractivity contribution is 6.31. The summed E-state index contributed by atoms with van der Waals surface area (Å²) < 4.78 is 5.41. The maximum atomic E-state index is 6.25. The molecule has 0 unspecified atom stereocenters. The van der Waals surface area contributed by atoms with Crippen molar-refractivity contribution in [1.29, 1.82) is 0 Å². The maximum Gasteiger partial charge on any atom is 0.140 e. The van der Waals surface area contributed by atoms with Crippen LogP contribution in [0, 0.1) is 6.92 Å². The Kier molecular flexibility index (Phi) is 4.51. The lowest BCUT2D eigenvalue weighted by Crippen LogP contribution is -2.42. The number of anilines is 1. The number of rotatable bonds is 5. The van der Waals surface area contributed by atoms with Crippen LogP contribution in [0.4, 0.5) is 5.69 Å². The van der Waals surface area contributed by atoms with E-state index in [1.54, 1.807) is 0 Å². The highest BCUT2D eigenvalue weighted by atomic mass is 35.5. The Morgan fingerprint density at radius 1 is 1.21 bits per heavy atom. The fourth-order valence-corrected chi connectivity index (χ4v) is 3.52. The molecule has 24 heavy (non-hydrogen) atoms. The van der Waals surface area contributed by atoms with Crippen LogP contribution >= 0.6 is 11.6 Å². The molecule has 2 aromatic rings. The van der Waals surface area contributed by atoms with Crippen LogP contribution in [0.25, 0.3) is 0 Å². The van der Waals surface area contributed by atoms with Crippen LogP contribution in [0.5, 0.6) is 0 Å². The molecular weight excluding hydrogens is 322 g/mol. The van der Waals surface area contributed by atoms with Gasteiger partial charge >= 0.3 is 0 Å². The zero-order chi connectivity index (χ0) is 16.5. The minimum absolute atomic E-state index is 0.545. The summed E-state index contributed by atoms with van der Waals surface area (Å²) in [5.74, 6) is 1.70. The van der Waals surface area contributed by atoms with Gasteiger partial charge in [0.2, 0.25) is 0 Å². The largest absolute Gasteiger partial charge is 0.371 e. The first kappa shape index (κ1) is 16.0. The van der Waals surface area contributed by atoms with Gasteiger partial charge in [0.15, 0.2) is 0 Å². The van der Waals surface area contributed by atoms with Crippen LogP contribution in [0.3, 0.4) is 0 Å². The Hall–Kier alpha value is -1.52. The Balaban J connectivity index is 1.27. The van der Waals surface area contributed by atoms with E-state index in [1.807, 2.05) is 6.92 Å². The van der Waals surface area contributed by atoms with Crippen LogP contribution in [0.2, 0.25) is 5.02 Å². The Morgan fingerprint density at radius 2 is 2.00 bits per heavy atom. The van der Waals surface area contributed by atoms with Crippen molar-refractivity contribution >= 4 is 17.3 Å². The van der Waals surface area contributed by atoms with Crippen molar-refractivity contribution in [3.8, 4) is 0 Å². The summed E-state index contributed by atoms with van der Waals surface area (Å²) in [6, 6.07) is 9.02. The highest BCUT2D eigenvalue weighted by Gasteiger charge is 2.28. The zero-order valence-electron chi connectivity index (χ0n) is 14.1. The summed E-state index contributed by atoms with van der Waals surface area (Å²) >= 11 is 6.25. The normalized spacial score (nSPS) is 19.0. The molecular formula is C19H24ClN3O. The average Bonchev–Trinajstić information content (AvgIpc) is 3.35. The third-order valence-corrected chi connectivity index (χ3v) is 5.55. The maximum absolute atomic E-state index is 6.25. The number of benzene rings is 1. The van der Waals surface area contributed by atoms with Gasteiger partial charge in [0.25, 0.3) is 0 Å². The van der Waals surface area contributed by atoms with Crippen molar-refractivity contribution in [2.45, 2.75) is 51.1 Å². The molecule has 1 aliphatic carbocycles. The van der Waals surface area contributed by atoms with E-state index in [4.69, 9.17) is 16.1 Å². The summed E-state index contributed by atoms with van der Waals surface area (Å²) in [7, 11) is 0. The van der Waals surface area contributed by atoms with Crippen LogP contribution < -0.4 is 10.2 Å². The van der Waals surface area contributed by atoms with Crippen LogP contribution in [0.1, 0.15) is 48.6 Å². The van der Waals surface area contributed by atoms with Crippen LogP contribution in [0.15, 0.2) is 28.8 Å². The van der Waals surface area contributed by atoms with Gasteiger partial charge in [-0.15, -0.1) is 0 Å². The first-order valence-corrected chi connectivity index (χ1v) is 9.27. The van der Waals surface area contributed by atoms with E-state index in [-0.39, 0.29) is 0 Å². The topological polar surface area (TPSA) is 41.3 Å². The number of hydrogen-bond donors (Lipinski definition) is 1. The molecule has 0 bridgehead atoms. The number of hydrogen-bond acceptors (Lipinski definition) is 4. The van der Waals surface area contributed by atoms with E-state index in [9.17, 15) is 0 Å². The average molecular weight is 346 g/mol. The molecule has 4 rings (SSSR count). The fraction of sp³-hybridized carbons (Fsp3) is 0.526. The lowest BCUT2D eigenvalue weighted by atomic mass is 10.0.